The van der Waals surface area contributed by atoms with E-state index in [0.29, 0.717) is 0 Å². The highest BCUT2D eigenvalue weighted by Crippen LogP contribution is 2.53. The molecule has 4 aliphatic heterocycles. The Morgan fingerprint density at radius 2 is 0.622 bits per heavy atom. The summed E-state index contributed by atoms with van der Waals surface area (Å²) in [6.07, 6.45) is 0. The molecule has 0 radical (unpaired) electrons. The fourth-order valence-corrected chi connectivity index (χ4v) is 16.5. The van der Waals surface area contributed by atoms with Crippen LogP contribution in [-0.4, -0.2) is 13.4 Å². The molecule has 0 bridgehead atoms. The normalized spacial score (nSPS) is 13.0. The molecule has 0 aliphatic carbocycles. The molecule has 0 spiro atoms. The number of rotatable bonds is 8. The zero-order chi connectivity index (χ0) is 64.1. The fourth-order valence-electron chi connectivity index (χ4n) is 16.5. The summed E-state index contributed by atoms with van der Waals surface area (Å²) in [5, 5.41) is 4.25. The van der Waals surface area contributed by atoms with Gasteiger partial charge in [0.15, 0.2) is 0 Å². The minimum atomic E-state index is -0.299. The van der Waals surface area contributed by atoms with Crippen molar-refractivity contribution in [2.45, 2.75) is 0 Å². The van der Waals surface area contributed by atoms with E-state index >= 15 is 0 Å². The van der Waals surface area contributed by atoms with E-state index in [-0.39, 0.29) is 13.4 Å². The van der Waals surface area contributed by atoms with E-state index in [1.165, 1.54) is 5.46 Å². The maximum absolute atomic E-state index is 7.67. The van der Waals surface area contributed by atoms with Gasteiger partial charge in [-0.3, -0.25) is 0 Å². The molecular formula is C90H54B2N2O4. The van der Waals surface area contributed by atoms with Crippen LogP contribution < -0.4 is 52.1 Å². The topological polar surface area (TPSA) is 51.2 Å². The molecular weight excluding hydrogens is 1190 g/mol. The quantitative estimate of drug-likeness (QED) is 0.141. The number of hydrogen-bond acceptors (Lipinski definition) is 6. The van der Waals surface area contributed by atoms with Crippen LogP contribution in [0, 0.1) is 0 Å². The molecule has 8 heteroatoms. The second kappa shape index (κ2) is 21.4. The van der Waals surface area contributed by atoms with E-state index in [9.17, 15) is 0 Å². The summed E-state index contributed by atoms with van der Waals surface area (Å²) >= 11 is 0. The monoisotopic (exact) mass is 1250 g/mol. The van der Waals surface area contributed by atoms with Gasteiger partial charge in [-0.15, -0.1) is 0 Å². The average Bonchev–Trinajstić information content (AvgIpc) is 0.834. The summed E-state index contributed by atoms with van der Waals surface area (Å²) in [6, 6.07) is 119. The summed E-state index contributed by atoms with van der Waals surface area (Å²) in [5.74, 6) is 3.26. The molecule has 4 aliphatic rings. The van der Waals surface area contributed by atoms with E-state index in [1.54, 1.807) is 0 Å². The molecule has 98 heavy (non-hydrogen) atoms. The molecule has 17 aromatic rings. The Bertz CT molecular complexity index is 6090. The van der Waals surface area contributed by atoms with Crippen LogP contribution in [-0.2, 0) is 0 Å². The van der Waals surface area contributed by atoms with E-state index in [2.05, 4.69) is 325 Å². The van der Waals surface area contributed by atoms with Crippen molar-refractivity contribution in [3.8, 4) is 89.8 Å². The van der Waals surface area contributed by atoms with Crippen LogP contribution in [0.3, 0.4) is 0 Å². The third-order valence-electron chi connectivity index (χ3n) is 20.8. The highest BCUT2D eigenvalue weighted by Gasteiger charge is 2.48. The lowest BCUT2D eigenvalue weighted by atomic mass is 9.30. The Hall–Kier alpha value is -12.8. The van der Waals surface area contributed by atoms with Crippen molar-refractivity contribution in [3.05, 3.63) is 328 Å². The number of para-hydroxylation sites is 4. The van der Waals surface area contributed by atoms with Gasteiger partial charge in [-0.05, 0) is 167 Å². The molecule has 454 valence electrons. The van der Waals surface area contributed by atoms with E-state index in [0.717, 1.165) is 195 Å². The maximum atomic E-state index is 7.67. The number of fused-ring (bicyclic) bond motifs is 14. The van der Waals surface area contributed by atoms with Gasteiger partial charge in [-0.2, -0.15) is 0 Å². The molecule has 21 rings (SSSR count). The third kappa shape index (κ3) is 8.25. The highest BCUT2D eigenvalue weighted by molar-refractivity contribution is 7.02. The zero-order valence-electron chi connectivity index (χ0n) is 52.9. The zero-order valence-corrected chi connectivity index (χ0v) is 52.9. The van der Waals surface area contributed by atoms with Crippen molar-refractivity contribution in [1.82, 2.24) is 0 Å². The molecule has 6 heterocycles. The number of anilines is 6. The van der Waals surface area contributed by atoms with Gasteiger partial charge in [-0.25, -0.2) is 0 Å². The van der Waals surface area contributed by atoms with Gasteiger partial charge < -0.3 is 28.1 Å². The van der Waals surface area contributed by atoms with Gasteiger partial charge in [-0.1, -0.05) is 249 Å². The van der Waals surface area contributed by atoms with Crippen molar-refractivity contribution in [2.75, 3.05) is 9.80 Å². The van der Waals surface area contributed by atoms with Gasteiger partial charge in [0.1, 0.15) is 45.3 Å². The first-order chi connectivity index (χ1) is 48.6. The van der Waals surface area contributed by atoms with E-state index < -0.39 is 0 Å². The van der Waals surface area contributed by atoms with Crippen LogP contribution in [0.4, 0.5) is 34.1 Å². The van der Waals surface area contributed by atoms with Gasteiger partial charge in [0, 0.05) is 61.1 Å². The SMILES string of the molecule is c1ccc(-c2ccc3c(c2)Oc2cc(-c4cccc5oc6ccccc6c45)cc4c2B3c2cc3c(cc2N4c2ccccc2)N(c2c(-c4ccccc4)cccc2-c2ccccc2)c2cc(-c4cccc5oc6ccccc6c45)cc4c2B3c2ccc(-c3ccccc3)cc2O4)cc1. The Labute approximate surface area is 566 Å². The third-order valence-corrected chi connectivity index (χ3v) is 20.8. The number of nitrogens with zero attached hydrogens (tertiary/aromatic N) is 2. The molecule has 6 nitrogen and oxygen atoms in total. The Morgan fingerprint density at radius 1 is 0.235 bits per heavy atom. The number of furan rings is 2. The standard InChI is InChI=1S/C90H54B2N2O4/c1-6-23-55(24-7-1)59-43-45-70-82(49-59)97-84-51-61(64-35-21-41-80-86(64)68-33-16-18-39-78(68)95-80)47-76-88(84)91(70)72-53-73-75(54-74(72)93(76)63-31-14-5-15-32-63)94(90-66(57-27-10-3-11-28-57)37-20-38-67(90)58-29-12-4-13-30-58)77-48-62(65-36-22-42-81-87(65)69-34-17-19-40-79(69)96-81)52-85-89(77)92(73)71-46-44-60(50-83(71)98-85)56-25-8-2-9-26-56/h1-54H. The average molecular weight is 1250 g/mol. The molecule has 0 N–H and O–H groups in total. The summed E-state index contributed by atoms with van der Waals surface area (Å²) in [6.45, 7) is -0.570. The minimum Gasteiger partial charge on any atom is -0.458 e. The van der Waals surface area contributed by atoms with Gasteiger partial charge in [0.2, 0.25) is 0 Å². The van der Waals surface area contributed by atoms with Crippen LogP contribution in [0.5, 0.6) is 23.0 Å². The van der Waals surface area contributed by atoms with Crippen LogP contribution in [0.2, 0.25) is 0 Å². The van der Waals surface area contributed by atoms with E-state index in [1.807, 2.05) is 12.1 Å². The molecule has 0 saturated carbocycles. The first-order valence-electron chi connectivity index (χ1n) is 33.6. The lowest BCUT2D eigenvalue weighted by molar-refractivity contribution is 0.487. The van der Waals surface area contributed by atoms with Gasteiger partial charge in [0.05, 0.1) is 5.69 Å². The van der Waals surface area contributed by atoms with Gasteiger partial charge >= 0.3 is 0 Å². The molecule has 0 fully saturated rings. The summed E-state index contributed by atoms with van der Waals surface area (Å²) < 4.78 is 28.5. The summed E-state index contributed by atoms with van der Waals surface area (Å²) in [5.41, 5.74) is 29.3. The van der Waals surface area contributed by atoms with Gasteiger partial charge in [0.25, 0.3) is 13.4 Å². The molecule has 0 saturated heterocycles. The van der Waals surface area contributed by atoms with Crippen molar-refractivity contribution in [3.63, 3.8) is 0 Å². The maximum Gasteiger partial charge on any atom is 0.256 e. The Morgan fingerprint density at radius 3 is 1.11 bits per heavy atom. The van der Waals surface area contributed by atoms with E-state index in [4.69, 9.17) is 18.3 Å². The summed E-state index contributed by atoms with van der Waals surface area (Å²) in [7, 11) is 0. The number of hydrogen-bond donors (Lipinski definition) is 0. The smallest absolute Gasteiger partial charge is 0.256 e. The largest absolute Gasteiger partial charge is 0.458 e. The predicted molar refractivity (Wildman–Crippen MR) is 405 cm³/mol. The van der Waals surface area contributed by atoms with Crippen LogP contribution in [0.15, 0.2) is 336 Å². The fraction of sp³-hybridized carbons (Fsp3) is 0. The molecule has 0 unspecified atom stereocenters. The van der Waals surface area contributed by atoms with Crippen LogP contribution in [0.25, 0.3) is 111 Å². The first-order valence-corrected chi connectivity index (χ1v) is 33.6. The molecule has 2 aromatic heterocycles. The lowest BCUT2D eigenvalue weighted by Gasteiger charge is -2.45. The molecule has 0 amide bonds. The lowest BCUT2D eigenvalue weighted by Crippen LogP contribution is -2.63. The molecule has 15 aromatic carbocycles. The van der Waals surface area contributed by atoms with Crippen molar-refractivity contribution in [1.29, 1.82) is 0 Å². The number of ether oxygens (including phenoxy) is 2. The Balaban J connectivity index is 0.905. The second-order valence-corrected chi connectivity index (χ2v) is 26.1. The van der Waals surface area contributed by atoms with Crippen LogP contribution >= 0.6 is 0 Å². The minimum absolute atomic E-state index is 0.272. The summed E-state index contributed by atoms with van der Waals surface area (Å²) in [4.78, 5) is 5.12. The van der Waals surface area contributed by atoms with Crippen molar-refractivity contribution in [2.24, 2.45) is 0 Å². The predicted octanol–water partition coefficient (Wildman–Crippen LogP) is 20.3. The van der Waals surface area contributed by atoms with Crippen molar-refractivity contribution >= 4 is 124 Å². The first kappa shape index (κ1) is 54.6. The van der Waals surface area contributed by atoms with Crippen LogP contribution in [0.1, 0.15) is 0 Å². The highest BCUT2D eigenvalue weighted by atomic mass is 16.5. The Kier molecular flexibility index (Phi) is 11.9. The second-order valence-electron chi connectivity index (χ2n) is 26.1. The molecule has 0 atom stereocenters. The number of benzene rings is 15. The van der Waals surface area contributed by atoms with Crippen molar-refractivity contribution < 1.29 is 18.3 Å².